The van der Waals surface area contributed by atoms with E-state index in [2.05, 4.69) is 24.5 Å². The van der Waals surface area contributed by atoms with E-state index >= 15 is 0 Å². The van der Waals surface area contributed by atoms with Gasteiger partial charge in [-0.1, -0.05) is 44.2 Å². The number of nitrogens with zero attached hydrogens (tertiary/aromatic N) is 1. The lowest BCUT2D eigenvalue weighted by atomic mass is 9.73. The summed E-state index contributed by atoms with van der Waals surface area (Å²) in [5, 5.41) is 6.28. The van der Waals surface area contributed by atoms with Crippen molar-refractivity contribution in [2.75, 3.05) is 30.9 Å². The number of amides is 1. The highest BCUT2D eigenvalue weighted by atomic mass is 16.5. The molecule has 162 valence electrons. The number of ketones is 1. The van der Waals surface area contributed by atoms with Crippen LogP contribution in [0.3, 0.4) is 0 Å². The van der Waals surface area contributed by atoms with Crippen molar-refractivity contribution in [1.29, 1.82) is 0 Å². The monoisotopic (exact) mass is 419 g/mol. The summed E-state index contributed by atoms with van der Waals surface area (Å²) in [6, 6.07) is 15.2. The summed E-state index contributed by atoms with van der Waals surface area (Å²) in [5.41, 5.74) is 4.13. The molecule has 0 aromatic heterocycles. The van der Waals surface area contributed by atoms with Crippen LogP contribution in [0.5, 0.6) is 5.75 Å². The Kier molecular flexibility index (Phi) is 5.48. The molecule has 0 bridgehead atoms. The molecule has 6 heteroatoms. The molecule has 2 N–H and O–H groups in total. The predicted octanol–water partition coefficient (Wildman–Crippen LogP) is 4.06. The number of carbonyl (C=O) groups excluding carboxylic acids is 2. The number of hydrogen-bond acceptors (Lipinski definition) is 5. The van der Waals surface area contributed by atoms with Crippen molar-refractivity contribution in [2.24, 2.45) is 5.41 Å². The fourth-order valence-corrected chi connectivity index (χ4v) is 4.68. The van der Waals surface area contributed by atoms with Gasteiger partial charge in [0.1, 0.15) is 5.75 Å². The summed E-state index contributed by atoms with van der Waals surface area (Å²) in [4.78, 5) is 28.2. The standard InChI is InChI=1S/C25H29N3O3/c1-25(2)13-18-23(20(29)14-25)24(16-9-5-8-12-21(16)31-4)28(15-22(30)26-3)19-11-7-6-10-17(19)27-18/h5-12,24,27H,13-15H2,1-4H3,(H,26,30)/t24-/m1/s1. The number of benzene rings is 2. The molecule has 4 rings (SSSR count). The lowest BCUT2D eigenvalue weighted by Gasteiger charge is -2.38. The first-order valence-electron chi connectivity index (χ1n) is 10.6. The Labute approximate surface area is 183 Å². The van der Waals surface area contributed by atoms with Gasteiger partial charge in [-0.25, -0.2) is 0 Å². The quantitative estimate of drug-likeness (QED) is 0.782. The lowest BCUT2D eigenvalue weighted by molar-refractivity contribution is -0.120. The molecule has 2 aromatic carbocycles. The molecule has 2 aliphatic rings. The first-order chi connectivity index (χ1) is 14.8. The summed E-state index contributed by atoms with van der Waals surface area (Å²) in [6.07, 6.45) is 1.21. The van der Waals surface area contributed by atoms with Crippen LogP contribution in [0.15, 0.2) is 59.8 Å². The molecule has 0 spiro atoms. The number of carbonyl (C=O) groups is 2. The van der Waals surface area contributed by atoms with Gasteiger partial charge in [0.2, 0.25) is 5.91 Å². The Morgan fingerprint density at radius 1 is 1.16 bits per heavy atom. The summed E-state index contributed by atoms with van der Waals surface area (Å²) < 4.78 is 5.68. The van der Waals surface area contributed by atoms with E-state index in [-0.39, 0.29) is 23.7 Å². The second-order valence-electron chi connectivity index (χ2n) is 8.92. The molecule has 1 aliphatic heterocycles. The van der Waals surface area contributed by atoms with Crippen LogP contribution in [0.25, 0.3) is 0 Å². The number of Topliss-reactive ketones (excluding diaryl/α,β-unsaturated/α-hetero) is 1. The van der Waals surface area contributed by atoms with Gasteiger partial charge in [0.05, 0.1) is 31.1 Å². The van der Waals surface area contributed by atoms with Crippen molar-refractivity contribution < 1.29 is 14.3 Å². The number of likely N-dealkylation sites (N-methyl/N-ethyl adjacent to an activating group) is 1. The third-order valence-corrected chi connectivity index (χ3v) is 6.03. The number of methoxy groups -OCH3 is 1. The molecule has 1 aliphatic carbocycles. The van der Waals surface area contributed by atoms with Gasteiger partial charge in [-0.2, -0.15) is 0 Å². The minimum Gasteiger partial charge on any atom is -0.496 e. The fraction of sp³-hybridized carbons (Fsp3) is 0.360. The minimum atomic E-state index is -0.441. The first-order valence-corrected chi connectivity index (χ1v) is 10.6. The van der Waals surface area contributed by atoms with Crippen LogP contribution in [-0.4, -0.2) is 32.4 Å². The lowest BCUT2D eigenvalue weighted by Crippen LogP contribution is -2.41. The van der Waals surface area contributed by atoms with Crippen molar-refractivity contribution >= 4 is 23.1 Å². The number of anilines is 2. The summed E-state index contributed by atoms with van der Waals surface area (Å²) in [7, 11) is 3.26. The van der Waals surface area contributed by atoms with E-state index < -0.39 is 6.04 Å². The van der Waals surface area contributed by atoms with Gasteiger partial charge in [0.15, 0.2) is 5.78 Å². The Morgan fingerprint density at radius 2 is 1.87 bits per heavy atom. The molecule has 6 nitrogen and oxygen atoms in total. The second-order valence-corrected chi connectivity index (χ2v) is 8.92. The molecule has 1 amide bonds. The number of para-hydroxylation sites is 3. The van der Waals surface area contributed by atoms with E-state index in [1.54, 1.807) is 14.2 Å². The van der Waals surface area contributed by atoms with E-state index in [1.807, 2.05) is 53.4 Å². The third kappa shape index (κ3) is 3.90. The Hall–Kier alpha value is -3.28. The summed E-state index contributed by atoms with van der Waals surface area (Å²) >= 11 is 0. The maximum Gasteiger partial charge on any atom is 0.239 e. The highest BCUT2D eigenvalue weighted by Crippen LogP contribution is 2.49. The zero-order valence-electron chi connectivity index (χ0n) is 18.5. The molecule has 0 unspecified atom stereocenters. The zero-order valence-corrected chi connectivity index (χ0v) is 18.5. The van der Waals surface area contributed by atoms with Crippen LogP contribution in [0.4, 0.5) is 11.4 Å². The molecule has 0 radical (unpaired) electrons. The van der Waals surface area contributed by atoms with Crippen LogP contribution < -0.4 is 20.3 Å². The van der Waals surface area contributed by atoms with E-state index in [0.717, 1.165) is 29.1 Å². The van der Waals surface area contributed by atoms with E-state index in [9.17, 15) is 9.59 Å². The number of nitrogens with one attached hydrogen (secondary N) is 2. The second kappa shape index (κ2) is 8.10. The van der Waals surface area contributed by atoms with Crippen molar-refractivity contribution in [3.05, 3.63) is 65.4 Å². The van der Waals surface area contributed by atoms with Gasteiger partial charge in [0, 0.05) is 30.3 Å². The van der Waals surface area contributed by atoms with Gasteiger partial charge < -0.3 is 20.3 Å². The van der Waals surface area contributed by atoms with Gasteiger partial charge in [-0.15, -0.1) is 0 Å². The maximum absolute atomic E-state index is 13.6. The highest BCUT2D eigenvalue weighted by Gasteiger charge is 2.42. The van der Waals surface area contributed by atoms with Crippen LogP contribution in [0.2, 0.25) is 0 Å². The van der Waals surface area contributed by atoms with Crippen LogP contribution >= 0.6 is 0 Å². The Bertz CT molecular complexity index is 1060. The van der Waals surface area contributed by atoms with E-state index in [1.165, 1.54) is 0 Å². The number of hydrogen-bond donors (Lipinski definition) is 2. The topological polar surface area (TPSA) is 70.7 Å². The number of allylic oxidation sites excluding steroid dienone is 1. The smallest absolute Gasteiger partial charge is 0.239 e. The summed E-state index contributed by atoms with van der Waals surface area (Å²) in [5.74, 6) is 0.671. The largest absolute Gasteiger partial charge is 0.496 e. The van der Waals surface area contributed by atoms with Crippen LogP contribution in [0.1, 0.15) is 38.3 Å². The van der Waals surface area contributed by atoms with E-state index in [0.29, 0.717) is 17.7 Å². The van der Waals surface area contributed by atoms with Crippen LogP contribution in [-0.2, 0) is 9.59 Å². The average Bonchev–Trinajstić information content (AvgIpc) is 2.87. The van der Waals surface area contributed by atoms with Crippen molar-refractivity contribution in [1.82, 2.24) is 5.32 Å². The number of rotatable bonds is 4. The first kappa shape index (κ1) is 21.0. The van der Waals surface area contributed by atoms with Gasteiger partial charge in [0.25, 0.3) is 0 Å². The SMILES string of the molecule is CNC(=O)CN1c2ccccc2NC2=C(C(=O)CC(C)(C)C2)[C@H]1c1ccccc1OC. The normalized spacial score (nSPS) is 19.7. The molecular formula is C25H29N3O3. The molecule has 0 fully saturated rings. The maximum atomic E-state index is 13.6. The van der Waals surface area contributed by atoms with Crippen molar-refractivity contribution in [3.8, 4) is 5.75 Å². The van der Waals surface area contributed by atoms with Gasteiger partial charge in [-0.05, 0) is 30.0 Å². The Morgan fingerprint density at radius 3 is 2.61 bits per heavy atom. The molecule has 1 atom stereocenters. The van der Waals surface area contributed by atoms with Crippen molar-refractivity contribution in [2.45, 2.75) is 32.7 Å². The van der Waals surface area contributed by atoms with Crippen LogP contribution in [0, 0.1) is 5.41 Å². The fourth-order valence-electron chi connectivity index (χ4n) is 4.68. The molecule has 31 heavy (non-hydrogen) atoms. The zero-order chi connectivity index (χ0) is 22.2. The number of ether oxygens (including phenoxy) is 1. The minimum absolute atomic E-state index is 0.101. The van der Waals surface area contributed by atoms with Gasteiger partial charge in [-0.3, -0.25) is 9.59 Å². The molecule has 2 aromatic rings. The van der Waals surface area contributed by atoms with Crippen molar-refractivity contribution in [3.63, 3.8) is 0 Å². The number of fused-ring (bicyclic) bond motifs is 1. The predicted molar refractivity (Wildman–Crippen MR) is 122 cm³/mol. The Balaban J connectivity index is 2.00. The molecule has 0 saturated heterocycles. The highest BCUT2D eigenvalue weighted by molar-refractivity contribution is 6.02. The van der Waals surface area contributed by atoms with E-state index in [4.69, 9.17) is 4.74 Å². The molecule has 0 saturated carbocycles. The summed E-state index contributed by atoms with van der Waals surface area (Å²) in [6.45, 7) is 4.35. The van der Waals surface area contributed by atoms with Gasteiger partial charge >= 0.3 is 0 Å². The molecule has 1 heterocycles. The third-order valence-electron chi connectivity index (χ3n) is 6.03. The molecular weight excluding hydrogens is 390 g/mol. The average molecular weight is 420 g/mol.